The average Bonchev–Trinajstić information content (AvgIpc) is 3.08. The number of ether oxygens (including phenoxy) is 1. The molecule has 0 heterocycles. The van der Waals surface area contributed by atoms with Gasteiger partial charge in [0.25, 0.3) is 6.47 Å². The van der Waals surface area contributed by atoms with Gasteiger partial charge in [-0.05, 0) is 117 Å². The van der Waals surface area contributed by atoms with Crippen molar-refractivity contribution in [2.45, 2.75) is 117 Å². The minimum absolute atomic E-state index is 0.177. The second-order valence-electron chi connectivity index (χ2n) is 12.8. The normalized spacial score (nSPS) is 44.3. The lowest BCUT2D eigenvalue weighted by Gasteiger charge is -2.61. The van der Waals surface area contributed by atoms with E-state index in [0.717, 1.165) is 48.3 Å². The van der Waals surface area contributed by atoms with Crippen molar-refractivity contribution in [3.63, 3.8) is 0 Å². The van der Waals surface area contributed by atoms with Gasteiger partial charge in [0.1, 0.15) is 6.10 Å². The lowest BCUT2D eigenvalue weighted by atomic mass is 9.44. The highest BCUT2D eigenvalue weighted by molar-refractivity contribution is 5.37. The maximum absolute atomic E-state index is 10.9. The van der Waals surface area contributed by atoms with E-state index in [1.807, 2.05) is 0 Å². The van der Waals surface area contributed by atoms with Gasteiger partial charge in [-0.2, -0.15) is 0 Å². The van der Waals surface area contributed by atoms with Gasteiger partial charge in [0.15, 0.2) is 0 Å². The van der Waals surface area contributed by atoms with Crippen molar-refractivity contribution < 1.29 is 9.53 Å². The number of rotatable bonds is 8. The summed E-state index contributed by atoms with van der Waals surface area (Å²) in [7, 11) is 0. The zero-order chi connectivity index (χ0) is 22.2. The highest BCUT2D eigenvalue weighted by atomic mass is 16.5. The highest BCUT2D eigenvalue weighted by Crippen LogP contribution is 2.68. The average molecular weight is 429 g/mol. The summed E-state index contributed by atoms with van der Waals surface area (Å²) in [4.78, 5) is 10.9. The van der Waals surface area contributed by atoms with Crippen LogP contribution in [0.4, 0.5) is 0 Å². The smallest absolute Gasteiger partial charge is 0.293 e. The standard InChI is InChI=1S/C29H48O2/c1-20(2)8-6-7-9-21(3)25-12-13-26-24-11-10-22-18-23(31-19-30)14-16-28(22,4)27(24)15-17-29(25,26)5/h19-20,22-27H,3,6-18H2,1-2,4-5H3/t22?,23-,24-,25+,26?,27?,28-,29+/m0/s1. The summed E-state index contributed by atoms with van der Waals surface area (Å²) in [5, 5.41) is 0. The SMILES string of the molecule is C=C(CCCCC(C)C)[C@H]1CCC2[C@@H]3CCC4C[C@@H](OC=O)CC[C@]4(C)C3CC[C@@]21C. The molecule has 2 heteroatoms. The van der Waals surface area contributed by atoms with Crippen LogP contribution in [0.3, 0.4) is 0 Å². The summed E-state index contributed by atoms with van der Waals surface area (Å²) in [6, 6.07) is 0. The molecule has 0 aromatic heterocycles. The number of hydrogen-bond acceptors (Lipinski definition) is 2. The van der Waals surface area contributed by atoms with Crippen molar-refractivity contribution in [3.05, 3.63) is 12.2 Å². The zero-order valence-corrected chi connectivity index (χ0v) is 20.8. The molecule has 0 spiro atoms. The van der Waals surface area contributed by atoms with E-state index < -0.39 is 0 Å². The topological polar surface area (TPSA) is 26.3 Å². The Bertz CT molecular complexity index is 653. The molecule has 8 atom stereocenters. The summed E-state index contributed by atoms with van der Waals surface area (Å²) in [5.41, 5.74) is 2.55. The van der Waals surface area contributed by atoms with Crippen LogP contribution in [-0.2, 0) is 9.53 Å². The first-order chi connectivity index (χ1) is 14.8. The summed E-state index contributed by atoms with van der Waals surface area (Å²) in [5.74, 6) is 5.06. The molecule has 0 saturated heterocycles. The summed E-state index contributed by atoms with van der Waals surface area (Å²) in [6.07, 6.45) is 17.3. The Morgan fingerprint density at radius 1 is 1.00 bits per heavy atom. The Hall–Kier alpha value is -0.790. The lowest BCUT2D eigenvalue weighted by Crippen LogP contribution is -2.54. The fourth-order valence-corrected chi connectivity index (χ4v) is 9.17. The third-order valence-electron chi connectivity index (χ3n) is 10.9. The van der Waals surface area contributed by atoms with Crippen LogP contribution in [0.15, 0.2) is 12.2 Å². The third kappa shape index (κ3) is 4.26. The molecule has 4 saturated carbocycles. The summed E-state index contributed by atoms with van der Waals surface area (Å²) < 4.78 is 5.40. The van der Waals surface area contributed by atoms with Gasteiger partial charge in [0, 0.05) is 0 Å². The van der Waals surface area contributed by atoms with Gasteiger partial charge in [0.2, 0.25) is 0 Å². The molecular weight excluding hydrogens is 380 g/mol. The highest BCUT2D eigenvalue weighted by Gasteiger charge is 2.60. The van der Waals surface area contributed by atoms with Gasteiger partial charge in [-0.3, -0.25) is 4.79 Å². The molecule has 31 heavy (non-hydrogen) atoms. The predicted molar refractivity (Wildman–Crippen MR) is 129 cm³/mol. The van der Waals surface area contributed by atoms with Crippen LogP contribution in [-0.4, -0.2) is 12.6 Å². The molecule has 4 aliphatic carbocycles. The Labute approximate surface area is 192 Å². The van der Waals surface area contributed by atoms with Crippen molar-refractivity contribution >= 4 is 6.47 Å². The van der Waals surface area contributed by atoms with E-state index in [-0.39, 0.29) is 6.10 Å². The Morgan fingerprint density at radius 2 is 1.74 bits per heavy atom. The van der Waals surface area contributed by atoms with Gasteiger partial charge in [0.05, 0.1) is 0 Å². The van der Waals surface area contributed by atoms with Crippen molar-refractivity contribution in [1.29, 1.82) is 0 Å². The Kier molecular flexibility index (Phi) is 6.95. The van der Waals surface area contributed by atoms with Crippen LogP contribution in [0.25, 0.3) is 0 Å². The molecule has 4 fully saturated rings. The molecule has 0 amide bonds. The lowest BCUT2D eigenvalue weighted by molar-refractivity contribution is -0.149. The van der Waals surface area contributed by atoms with Gasteiger partial charge >= 0.3 is 0 Å². The van der Waals surface area contributed by atoms with Gasteiger partial charge in [-0.25, -0.2) is 0 Å². The monoisotopic (exact) mass is 428 g/mol. The molecule has 0 N–H and O–H groups in total. The van der Waals surface area contributed by atoms with E-state index in [1.165, 1.54) is 70.6 Å². The molecule has 2 nitrogen and oxygen atoms in total. The van der Waals surface area contributed by atoms with Crippen molar-refractivity contribution in [3.8, 4) is 0 Å². The fourth-order valence-electron chi connectivity index (χ4n) is 9.17. The number of allylic oxidation sites excluding steroid dienone is 1. The molecule has 0 aromatic rings. The van der Waals surface area contributed by atoms with Gasteiger partial charge in [-0.1, -0.05) is 52.7 Å². The van der Waals surface area contributed by atoms with Crippen molar-refractivity contribution in [1.82, 2.24) is 0 Å². The minimum Gasteiger partial charge on any atom is -0.465 e. The second kappa shape index (κ2) is 9.22. The molecule has 0 bridgehead atoms. The van der Waals surface area contributed by atoms with Crippen LogP contribution in [0.2, 0.25) is 0 Å². The Morgan fingerprint density at radius 3 is 2.48 bits per heavy atom. The van der Waals surface area contributed by atoms with Crippen LogP contribution >= 0.6 is 0 Å². The quantitative estimate of drug-likeness (QED) is 0.223. The van der Waals surface area contributed by atoms with Gasteiger partial charge in [-0.15, -0.1) is 0 Å². The van der Waals surface area contributed by atoms with E-state index in [0.29, 0.717) is 17.3 Å². The molecular formula is C29H48O2. The number of hydrogen-bond donors (Lipinski definition) is 0. The number of unbranched alkanes of at least 4 members (excludes halogenated alkanes) is 1. The minimum atomic E-state index is 0.177. The second-order valence-corrected chi connectivity index (χ2v) is 12.8. The number of carbonyl (C=O) groups is 1. The number of carbonyl (C=O) groups excluding carboxylic acids is 1. The maximum atomic E-state index is 10.9. The molecule has 3 unspecified atom stereocenters. The van der Waals surface area contributed by atoms with Crippen molar-refractivity contribution in [2.24, 2.45) is 46.3 Å². The Balaban J connectivity index is 1.41. The first-order valence-corrected chi connectivity index (χ1v) is 13.6. The summed E-state index contributed by atoms with van der Waals surface area (Å²) >= 11 is 0. The third-order valence-corrected chi connectivity index (χ3v) is 10.9. The van der Waals surface area contributed by atoms with Crippen LogP contribution in [0.5, 0.6) is 0 Å². The molecule has 0 radical (unpaired) electrons. The molecule has 4 aliphatic rings. The predicted octanol–water partition coefficient (Wildman–Crippen LogP) is 7.96. The molecule has 176 valence electrons. The van der Waals surface area contributed by atoms with Crippen LogP contribution in [0, 0.1) is 46.3 Å². The first kappa shape index (κ1) is 23.4. The zero-order valence-electron chi connectivity index (χ0n) is 20.8. The van der Waals surface area contributed by atoms with Crippen molar-refractivity contribution in [2.75, 3.05) is 0 Å². The largest absolute Gasteiger partial charge is 0.465 e. The molecule has 0 aromatic carbocycles. The summed E-state index contributed by atoms with van der Waals surface area (Å²) in [6.45, 7) is 15.3. The maximum Gasteiger partial charge on any atom is 0.293 e. The van der Waals surface area contributed by atoms with E-state index in [2.05, 4.69) is 34.3 Å². The van der Waals surface area contributed by atoms with E-state index in [9.17, 15) is 4.79 Å². The molecule has 0 aliphatic heterocycles. The first-order valence-electron chi connectivity index (χ1n) is 13.6. The van der Waals surface area contributed by atoms with E-state index in [1.54, 1.807) is 5.57 Å². The van der Waals surface area contributed by atoms with E-state index in [4.69, 9.17) is 4.74 Å². The molecule has 4 rings (SSSR count). The van der Waals surface area contributed by atoms with Crippen LogP contribution < -0.4 is 0 Å². The number of fused-ring (bicyclic) bond motifs is 5. The van der Waals surface area contributed by atoms with E-state index >= 15 is 0 Å². The van der Waals surface area contributed by atoms with Gasteiger partial charge < -0.3 is 4.74 Å². The van der Waals surface area contributed by atoms with Crippen LogP contribution in [0.1, 0.15) is 111 Å². The fraction of sp³-hybridized carbons (Fsp3) is 0.897.